The van der Waals surface area contributed by atoms with Crippen molar-refractivity contribution < 1.29 is 9.90 Å². The van der Waals surface area contributed by atoms with E-state index in [0.29, 0.717) is 12.8 Å². The van der Waals surface area contributed by atoms with Crippen molar-refractivity contribution in [1.29, 1.82) is 0 Å². The summed E-state index contributed by atoms with van der Waals surface area (Å²) >= 11 is 0. The fraction of sp³-hybridized carbons (Fsp3) is 0.294. The Morgan fingerprint density at radius 3 is 2.05 bits per heavy atom. The van der Waals surface area contributed by atoms with E-state index in [-0.39, 0.29) is 5.43 Å². The minimum absolute atomic E-state index is 0.000630. The van der Waals surface area contributed by atoms with Crippen LogP contribution in [0, 0.1) is 13.8 Å². The molecule has 1 fully saturated rings. The first-order valence-corrected chi connectivity index (χ1v) is 6.99. The van der Waals surface area contributed by atoms with Crippen molar-refractivity contribution in [2.45, 2.75) is 32.1 Å². The maximum absolute atomic E-state index is 11.5. The van der Waals surface area contributed by atoms with Crippen LogP contribution in [-0.2, 0) is 10.2 Å². The summed E-state index contributed by atoms with van der Waals surface area (Å²) < 4.78 is 1.99. The third-order valence-electron chi connectivity index (χ3n) is 4.25. The zero-order valence-corrected chi connectivity index (χ0v) is 12.1. The van der Waals surface area contributed by atoms with Gasteiger partial charge in [0.05, 0.1) is 5.41 Å². The largest absolute Gasteiger partial charge is 0.481 e. The van der Waals surface area contributed by atoms with Crippen molar-refractivity contribution >= 4 is 5.97 Å². The Morgan fingerprint density at radius 2 is 1.62 bits per heavy atom. The predicted molar refractivity (Wildman–Crippen MR) is 80.1 cm³/mol. The summed E-state index contributed by atoms with van der Waals surface area (Å²) in [6, 6.07) is 10.8. The van der Waals surface area contributed by atoms with Gasteiger partial charge in [0.15, 0.2) is 5.43 Å². The van der Waals surface area contributed by atoms with E-state index in [9.17, 15) is 14.7 Å². The number of rotatable bonds is 3. The molecule has 3 rings (SSSR count). The van der Waals surface area contributed by atoms with E-state index < -0.39 is 11.4 Å². The lowest BCUT2D eigenvalue weighted by molar-refractivity contribution is -0.140. The van der Waals surface area contributed by atoms with Crippen molar-refractivity contribution in [2.24, 2.45) is 0 Å². The third kappa shape index (κ3) is 2.17. The molecule has 1 N–H and O–H groups in total. The molecule has 1 aromatic carbocycles. The summed E-state index contributed by atoms with van der Waals surface area (Å²) in [5.41, 5.74) is 2.86. The number of pyridine rings is 1. The lowest BCUT2D eigenvalue weighted by atomic mass is 9.96. The maximum atomic E-state index is 11.5. The van der Waals surface area contributed by atoms with Crippen LogP contribution in [0.5, 0.6) is 0 Å². The van der Waals surface area contributed by atoms with Crippen molar-refractivity contribution in [2.75, 3.05) is 0 Å². The van der Waals surface area contributed by atoms with Crippen LogP contribution in [0.15, 0.2) is 41.2 Å². The Balaban J connectivity index is 2.03. The molecular weight excluding hydrogens is 266 g/mol. The van der Waals surface area contributed by atoms with Gasteiger partial charge in [0.2, 0.25) is 0 Å². The zero-order valence-electron chi connectivity index (χ0n) is 12.1. The number of nitrogens with zero attached hydrogens (tertiary/aromatic N) is 1. The van der Waals surface area contributed by atoms with Crippen LogP contribution in [0.25, 0.3) is 5.69 Å². The Kier molecular flexibility index (Phi) is 2.97. The Labute approximate surface area is 122 Å². The minimum atomic E-state index is -0.744. The van der Waals surface area contributed by atoms with E-state index in [1.165, 1.54) is 0 Å². The van der Waals surface area contributed by atoms with Gasteiger partial charge in [-0.2, -0.15) is 0 Å². The second-order valence-electron chi connectivity index (χ2n) is 5.74. The van der Waals surface area contributed by atoms with Gasteiger partial charge in [-0.1, -0.05) is 12.1 Å². The first-order chi connectivity index (χ1) is 9.94. The van der Waals surface area contributed by atoms with Gasteiger partial charge in [-0.3, -0.25) is 9.59 Å². The molecule has 21 heavy (non-hydrogen) atoms. The predicted octanol–water partition coefficient (Wildman–Crippen LogP) is 2.57. The van der Waals surface area contributed by atoms with Crippen LogP contribution in [-0.4, -0.2) is 15.6 Å². The molecule has 1 heterocycles. The van der Waals surface area contributed by atoms with E-state index in [1.54, 1.807) is 12.1 Å². The summed E-state index contributed by atoms with van der Waals surface area (Å²) in [4.78, 5) is 22.8. The molecule has 0 atom stereocenters. The number of aryl methyl sites for hydroxylation is 2. The first-order valence-electron chi connectivity index (χ1n) is 6.99. The molecule has 0 saturated heterocycles. The summed E-state index contributed by atoms with van der Waals surface area (Å²) in [5, 5.41) is 9.32. The average Bonchev–Trinajstić information content (AvgIpc) is 3.19. The number of benzene rings is 1. The quantitative estimate of drug-likeness (QED) is 0.941. The fourth-order valence-corrected chi connectivity index (χ4v) is 2.95. The number of carboxylic acids is 1. The molecule has 1 aliphatic rings. The molecule has 2 aromatic rings. The molecule has 1 saturated carbocycles. The number of carbonyl (C=O) groups is 1. The van der Waals surface area contributed by atoms with E-state index in [0.717, 1.165) is 22.6 Å². The zero-order chi connectivity index (χ0) is 15.2. The van der Waals surface area contributed by atoms with E-state index in [4.69, 9.17) is 0 Å². The molecule has 0 bridgehead atoms. The number of hydrogen-bond donors (Lipinski definition) is 1. The molecule has 1 aliphatic carbocycles. The number of aromatic nitrogens is 1. The SMILES string of the molecule is Cc1cc(=O)cc(C)n1-c1ccc(C2(C(=O)O)CC2)cc1. The molecule has 0 radical (unpaired) electrons. The first kappa shape index (κ1) is 13.6. The molecule has 0 aliphatic heterocycles. The van der Waals surface area contributed by atoms with Crippen LogP contribution in [0.1, 0.15) is 29.8 Å². The van der Waals surface area contributed by atoms with Gasteiger partial charge in [0, 0.05) is 29.2 Å². The number of aliphatic carboxylic acids is 1. The Morgan fingerprint density at radius 1 is 1.10 bits per heavy atom. The van der Waals surface area contributed by atoms with Gasteiger partial charge in [-0.15, -0.1) is 0 Å². The molecule has 0 spiro atoms. The summed E-state index contributed by atoms with van der Waals surface area (Å²) in [5.74, 6) is -0.744. The molecular formula is C17H17NO3. The molecule has 108 valence electrons. The van der Waals surface area contributed by atoms with Gasteiger partial charge in [-0.05, 0) is 44.4 Å². The number of hydrogen-bond acceptors (Lipinski definition) is 2. The van der Waals surface area contributed by atoms with Gasteiger partial charge in [0.1, 0.15) is 0 Å². The highest BCUT2D eigenvalue weighted by Gasteiger charge is 2.51. The van der Waals surface area contributed by atoms with E-state index in [2.05, 4.69) is 0 Å². The molecule has 1 aromatic heterocycles. The Bertz CT molecular complexity index is 741. The normalized spacial score (nSPS) is 15.7. The molecule has 0 amide bonds. The maximum Gasteiger partial charge on any atom is 0.314 e. The van der Waals surface area contributed by atoms with Crippen LogP contribution in [0.2, 0.25) is 0 Å². The highest BCUT2D eigenvalue weighted by molar-refractivity contribution is 5.84. The summed E-state index contributed by atoms with van der Waals surface area (Å²) in [6.45, 7) is 3.78. The van der Waals surface area contributed by atoms with Gasteiger partial charge in [0.25, 0.3) is 0 Å². The lowest BCUT2D eigenvalue weighted by Gasteiger charge is -2.16. The standard InChI is InChI=1S/C17H17NO3/c1-11-9-15(19)10-12(2)18(11)14-5-3-13(4-6-14)17(7-8-17)16(20)21/h3-6,9-10H,7-8H2,1-2H3,(H,20,21). The fourth-order valence-electron chi connectivity index (χ4n) is 2.95. The summed E-state index contributed by atoms with van der Waals surface area (Å²) in [6.07, 6.45) is 1.41. The van der Waals surface area contributed by atoms with Crippen LogP contribution >= 0.6 is 0 Å². The smallest absolute Gasteiger partial charge is 0.314 e. The second kappa shape index (κ2) is 4.58. The van der Waals surface area contributed by atoms with Crippen molar-refractivity contribution in [3.05, 3.63) is 63.6 Å². The van der Waals surface area contributed by atoms with Gasteiger partial charge in [-0.25, -0.2) is 0 Å². The highest BCUT2D eigenvalue weighted by atomic mass is 16.4. The van der Waals surface area contributed by atoms with Crippen LogP contribution in [0.4, 0.5) is 0 Å². The van der Waals surface area contributed by atoms with Crippen LogP contribution < -0.4 is 5.43 Å². The highest BCUT2D eigenvalue weighted by Crippen LogP contribution is 2.48. The topological polar surface area (TPSA) is 59.3 Å². The number of carboxylic acid groups (broad SMARTS) is 1. The molecule has 4 heteroatoms. The molecule has 0 unspecified atom stereocenters. The lowest BCUT2D eigenvalue weighted by Crippen LogP contribution is -2.19. The summed E-state index contributed by atoms with van der Waals surface area (Å²) in [7, 11) is 0. The monoisotopic (exact) mass is 283 g/mol. The van der Waals surface area contributed by atoms with Crippen molar-refractivity contribution in [1.82, 2.24) is 4.57 Å². The van der Waals surface area contributed by atoms with Crippen molar-refractivity contribution in [3.8, 4) is 5.69 Å². The second-order valence-corrected chi connectivity index (χ2v) is 5.74. The van der Waals surface area contributed by atoms with Crippen LogP contribution in [0.3, 0.4) is 0 Å². The minimum Gasteiger partial charge on any atom is -0.481 e. The van der Waals surface area contributed by atoms with Gasteiger partial charge >= 0.3 is 5.97 Å². The third-order valence-corrected chi connectivity index (χ3v) is 4.25. The Hall–Kier alpha value is -2.36. The van der Waals surface area contributed by atoms with E-state index >= 15 is 0 Å². The van der Waals surface area contributed by atoms with Crippen molar-refractivity contribution in [3.63, 3.8) is 0 Å². The molecule has 4 nitrogen and oxygen atoms in total. The average molecular weight is 283 g/mol. The van der Waals surface area contributed by atoms with Gasteiger partial charge < -0.3 is 9.67 Å². The van der Waals surface area contributed by atoms with E-state index in [1.807, 2.05) is 42.7 Å².